The molecule has 1 aliphatic heterocycles. The third kappa shape index (κ3) is 2.95. The Labute approximate surface area is 128 Å². The average molecular weight is 307 g/mol. The number of hydrogen-bond acceptors (Lipinski definition) is 4. The highest BCUT2D eigenvalue weighted by molar-refractivity contribution is 7.11. The Bertz CT molecular complexity index is 560. The van der Waals surface area contributed by atoms with Crippen molar-refractivity contribution in [2.24, 2.45) is 5.92 Å². The highest BCUT2D eigenvalue weighted by atomic mass is 32.1. The Morgan fingerprint density at radius 3 is 2.62 bits per heavy atom. The van der Waals surface area contributed by atoms with Gasteiger partial charge >= 0.3 is 0 Å². The first-order valence-electron chi connectivity index (χ1n) is 7.48. The van der Waals surface area contributed by atoms with Crippen LogP contribution < -0.4 is 5.32 Å². The smallest absolute Gasteiger partial charge is 0.246 e. The molecule has 1 aromatic rings. The molecule has 2 atom stereocenters. The molecule has 2 unspecified atom stereocenters. The summed E-state index contributed by atoms with van der Waals surface area (Å²) in [6.45, 7) is 6.49. The number of aryl methyl sites for hydroxylation is 2. The zero-order valence-electron chi connectivity index (χ0n) is 12.7. The molecule has 0 aromatic carbocycles. The number of nitrogens with zero attached hydrogens (tertiary/aromatic N) is 2. The Hall–Kier alpha value is -1.43. The molecule has 2 amide bonds. The summed E-state index contributed by atoms with van der Waals surface area (Å²) in [5.41, 5.74) is 1.03. The number of hydrogen-bond donors (Lipinski definition) is 1. The summed E-state index contributed by atoms with van der Waals surface area (Å²) in [5.74, 6) is 0.372. The predicted molar refractivity (Wildman–Crippen MR) is 80.9 cm³/mol. The molecule has 0 spiro atoms. The molecule has 1 aromatic heterocycles. The van der Waals surface area contributed by atoms with Crippen molar-refractivity contribution in [3.05, 3.63) is 15.6 Å². The van der Waals surface area contributed by atoms with Gasteiger partial charge in [-0.2, -0.15) is 0 Å². The third-order valence-electron chi connectivity index (χ3n) is 4.35. The van der Waals surface area contributed by atoms with E-state index in [1.54, 1.807) is 11.3 Å². The minimum absolute atomic E-state index is 0.0123. The molecule has 3 rings (SSSR count). The summed E-state index contributed by atoms with van der Waals surface area (Å²) in [6.07, 6.45) is 2.45. The molecule has 2 fully saturated rings. The SMILES string of the molecule is Cc1nc(CN2C(=O)C(C3CC3)NC(=O)CC2C)sc1C. The molecule has 2 aliphatic rings. The van der Waals surface area contributed by atoms with Crippen LogP contribution in [0.15, 0.2) is 0 Å². The van der Waals surface area contributed by atoms with Crippen molar-refractivity contribution >= 4 is 23.2 Å². The molecule has 0 bridgehead atoms. The van der Waals surface area contributed by atoms with Crippen LogP contribution in [0, 0.1) is 19.8 Å². The fraction of sp³-hybridized carbons (Fsp3) is 0.667. The van der Waals surface area contributed by atoms with E-state index in [0.29, 0.717) is 18.9 Å². The normalized spacial score (nSPS) is 26.7. The van der Waals surface area contributed by atoms with Gasteiger partial charge in [0.25, 0.3) is 0 Å². The molecule has 1 N–H and O–H groups in total. The lowest BCUT2D eigenvalue weighted by Crippen LogP contribution is -2.47. The Morgan fingerprint density at radius 1 is 1.33 bits per heavy atom. The van der Waals surface area contributed by atoms with Crippen molar-refractivity contribution in [2.75, 3.05) is 0 Å². The summed E-state index contributed by atoms with van der Waals surface area (Å²) in [5, 5.41) is 3.86. The summed E-state index contributed by atoms with van der Waals surface area (Å²) >= 11 is 1.63. The monoisotopic (exact) mass is 307 g/mol. The molecule has 1 saturated carbocycles. The van der Waals surface area contributed by atoms with Crippen LogP contribution in [0.2, 0.25) is 0 Å². The number of rotatable bonds is 3. The molecular formula is C15H21N3O2S. The maximum Gasteiger partial charge on any atom is 0.246 e. The van der Waals surface area contributed by atoms with E-state index in [4.69, 9.17) is 0 Å². The summed E-state index contributed by atoms with van der Waals surface area (Å²) < 4.78 is 0. The van der Waals surface area contributed by atoms with E-state index in [1.807, 2.05) is 25.7 Å². The van der Waals surface area contributed by atoms with E-state index < -0.39 is 0 Å². The second kappa shape index (κ2) is 5.40. The third-order valence-corrected chi connectivity index (χ3v) is 5.41. The first-order chi connectivity index (χ1) is 9.95. The largest absolute Gasteiger partial charge is 0.344 e. The number of nitrogens with one attached hydrogen (secondary N) is 1. The van der Waals surface area contributed by atoms with Crippen LogP contribution in [0.3, 0.4) is 0 Å². The lowest BCUT2D eigenvalue weighted by atomic mass is 10.1. The molecular weight excluding hydrogens is 286 g/mol. The van der Waals surface area contributed by atoms with Gasteiger partial charge in [-0.1, -0.05) is 0 Å². The number of thiazole rings is 1. The van der Waals surface area contributed by atoms with Crippen molar-refractivity contribution in [3.63, 3.8) is 0 Å². The van der Waals surface area contributed by atoms with Crippen LogP contribution in [-0.2, 0) is 16.1 Å². The van der Waals surface area contributed by atoms with Gasteiger partial charge in [0.05, 0.1) is 12.2 Å². The van der Waals surface area contributed by atoms with E-state index in [1.165, 1.54) is 4.88 Å². The van der Waals surface area contributed by atoms with Crippen molar-refractivity contribution in [3.8, 4) is 0 Å². The fourth-order valence-electron chi connectivity index (χ4n) is 2.80. The van der Waals surface area contributed by atoms with E-state index in [2.05, 4.69) is 10.3 Å². The summed E-state index contributed by atoms with van der Waals surface area (Å²) in [4.78, 5) is 32.2. The quantitative estimate of drug-likeness (QED) is 0.926. The fourth-order valence-corrected chi connectivity index (χ4v) is 3.74. The van der Waals surface area contributed by atoms with Crippen LogP contribution in [0.4, 0.5) is 0 Å². The number of amides is 2. The van der Waals surface area contributed by atoms with Gasteiger partial charge < -0.3 is 10.2 Å². The number of aromatic nitrogens is 1. The zero-order valence-corrected chi connectivity index (χ0v) is 13.5. The average Bonchev–Trinajstić information content (AvgIpc) is 3.20. The number of carbonyl (C=O) groups excluding carboxylic acids is 2. The Morgan fingerprint density at radius 2 is 2.05 bits per heavy atom. The van der Waals surface area contributed by atoms with Crippen LogP contribution in [-0.4, -0.2) is 33.8 Å². The minimum Gasteiger partial charge on any atom is -0.344 e. The maximum absolute atomic E-state index is 12.8. The second-order valence-electron chi connectivity index (χ2n) is 6.15. The predicted octanol–water partition coefficient (Wildman–Crippen LogP) is 1.78. The van der Waals surface area contributed by atoms with Gasteiger partial charge in [-0.05, 0) is 39.5 Å². The van der Waals surface area contributed by atoms with E-state index in [0.717, 1.165) is 23.5 Å². The Kier molecular flexibility index (Phi) is 3.73. The standard InChI is InChI=1S/C15H21N3O2S/c1-8-6-12(19)17-14(11-4-5-11)15(20)18(8)7-13-16-9(2)10(3)21-13/h8,11,14H,4-7H2,1-3H3,(H,17,19). The highest BCUT2D eigenvalue weighted by Gasteiger charge is 2.42. The lowest BCUT2D eigenvalue weighted by Gasteiger charge is -2.27. The molecule has 1 aliphatic carbocycles. The van der Waals surface area contributed by atoms with Crippen LogP contribution in [0.1, 0.15) is 41.8 Å². The Balaban J connectivity index is 1.82. The van der Waals surface area contributed by atoms with Gasteiger partial charge in [-0.3, -0.25) is 9.59 Å². The molecule has 114 valence electrons. The minimum atomic E-state index is -0.329. The summed E-state index contributed by atoms with van der Waals surface area (Å²) in [6, 6.07) is -0.407. The van der Waals surface area contributed by atoms with Gasteiger partial charge in [0, 0.05) is 17.3 Å². The maximum atomic E-state index is 12.8. The molecule has 21 heavy (non-hydrogen) atoms. The summed E-state index contributed by atoms with van der Waals surface area (Å²) in [7, 11) is 0. The van der Waals surface area contributed by atoms with Crippen molar-refractivity contribution in [2.45, 2.75) is 58.7 Å². The molecule has 6 heteroatoms. The first kappa shape index (κ1) is 14.5. The molecule has 0 radical (unpaired) electrons. The van der Waals surface area contributed by atoms with Gasteiger partial charge in [0.15, 0.2) is 0 Å². The van der Waals surface area contributed by atoms with Crippen molar-refractivity contribution in [1.82, 2.24) is 15.2 Å². The highest BCUT2D eigenvalue weighted by Crippen LogP contribution is 2.35. The first-order valence-corrected chi connectivity index (χ1v) is 8.30. The second-order valence-corrected chi connectivity index (χ2v) is 7.44. The lowest BCUT2D eigenvalue weighted by molar-refractivity contribution is -0.136. The zero-order chi connectivity index (χ0) is 15.1. The number of carbonyl (C=O) groups is 2. The van der Waals surface area contributed by atoms with E-state index in [9.17, 15) is 9.59 Å². The topological polar surface area (TPSA) is 62.3 Å². The van der Waals surface area contributed by atoms with E-state index >= 15 is 0 Å². The van der Waals surface area contributed by atoms with Crippen LogP contribution in [0.5, 0.6) is 0 Å². The van der Waals surface area contributed by atoms with E-state index in [-0.39, 0.29) is 23.9 Å². The molecule has 1 saturated heterocycles. The molecule has 2 heterocycles. The van der Waals surface area contributed by atoms with Gasteiger partial charge in [0.2, 0.25) is 11.8 Å². The van der Waals surface area contributed by atoms with Crippen LogP contribution in [0.25, 0.3) is 0 Å². The van der Waals surface area contributed by atoms with Gasteiger partial charge in [0.1, 0.15) is 11.0 Å². The van der Waals surface area contributed by atoms with Gasteiger partial charge in [-0.25, -0.2) is 4.98 Å². The van der Waals surface area contributed by atoms with Crippen molar-refractivity contribution < 1.29 is 9.59 Å². The molecule has 5 nitrogen and oxygen atoms in total. The van der Waals surface area contributed by atoms with Gasteiger partial charge in [-0.15, -0.1) is 11.3 Å². The van der Waals surface area contributed by atoms with Crippen molar-refractivity contribution in [1.29, 1.82) is 0 Å². The van der Waals surface area contributed by atoms with Crippen LogP contribution >= 0.6 is 11.3 Å².